The van der Waals surface area contributed by atoms with Gasteiger partial charge in [0.1, 0.15) is 5.54 Å². The van der Waals surface area contributed by atoms with Crippen molar-refractivity contribution in [1.29, 1.82) is 0 Å². The van der Waals surface area contributed by atoms with Crippen molar-refractivity contribution in [2.45, 2.75) is 18.4 Å². The van der Waals surface area contributed by atoms with Crippen LogP contribution in [-0.4, -0.2) is 60.9 Å². The number of carboxylic acids is 1. The first-order chi connectivity index (χ1) is 7.26. The van der Waals surface area contributed by atoms with E-state index in [1.165, 1.54) is 0 Å². The second-order valence-corrected chi connectivity index (χ2v) is 4.19. The van der Waals surface area contributed by atoms with Crippen molar-refractivity contribution < 1.29 is 14.6 Å². The summed E-state index contributed by atoms with van der Waals surface area (Å²) in [5.41, 5.74) is -0.644. The SMILES string of the molecule is Cl.Cl.O=C(O)C1(N2CCOCC2)CCNCC1. The lowest BCUT2D eigenvalue weighted by atomic mass is 9.86. The fraction of sp³-hybridized carbons (Fsp3) is 0.900. The predicted molar refractivity (Wildman–Crippen MR) is 69.4 cm³/mol. The van der Waals surface area contributed by atoms with E-state index in [4.69, 9.17) is 4.74 Å². The van der Waals surface area contributed by atoms with Crippen molar-refractivity contribution in [2.24, 2.45) is 0 Å². The van der Waals surface area contributed by atoms with Crippen molar-refractivity contribution >= 4 is 30.8 Å². The first-order valence-electron chi connectivity index (χ1n) is 5.53. The second-order valence-electron chi connectivity index (χ2n) is 4.19. The van der Waals surface area contributed by atoms with E-state index in [0.717, 1.165) is 26.2 Å². The van der Waals surface area contributed by atoms with Crippen LogP contribution in [0, 0.1) is 0 Å². The van der Waals surface area contributed by atoms with E-state index in [0.29, 0.717) is 26.1 Å². The minimum Gasteiger partial charge on any atom is -0.480 e. The lowest BCUT2D eigenvalue weighted by Crippen LogP contribution is -2.62. The monoisotopic (exact) mass is 286 g/mol. The van der Waals surface area contributed by atoms with Crippen LogP contribution in [0.3, 0.4) is 0 Å². The van der Waals surface area contributed by atoms with Crippen molar-refractivity contribution in [3.05, 3.63) is 0 Å². The molecular formula is C10H20Cl2N2O3. The first-order valence-corrected chi connectivity index (χ1v) is 5.53. The maximum atomic E-state index is 11.5. The summed E-state index contributed by atoms with van der Waals surface area (Å²) >= 11 is 0. The molecule has 0 radical (unpaired) electrons. The molecule has 7 heteroatoms. The average Bonchev–Trinajstić information content (AvgIpc) is 2.31. The van der Waals surface area contributed by atoms with Crippen LogP contribution in [0.2, 0.25) is 0 Å². The molecule has 0 atom stereocenters. The molecule has 0 bridgehead atoms. The van der Waals surface area contributed by atoms with Gasteiger partial charge in [-0.05, 0) is 25.9 Å². The van der Waals surface area contributed by atoms with Gasteiger partial charge in [0.25, 0.3) is 0 Å². The molecule has 2 aliphatic heterocycles. The molecule has 0 unspecified atom stereocenters. The second kappa shape index (κ2) is 7.38. The molecule has 0 saturated carbocycles. The molecule has 2 heterocycles. The van der Waals surface area contributed by atoms with Crippen LogP contribution in [-0.2, 0) is 9.53 Å². The third-order valence-electron chi connectivity index (χ3n) is 3.45. The van der Waals surface area contributed by atoms with Crippen molar-refractivity contribution in [3.63, 3.8) is 0 Å². The molecule has 5 nitrogen and oxygen atoms in total. The fourth-order valence-corrected chi connectivity index (χ4v) is 2.50. The van der Waals surface area contributed by atoms with Gasteiger partial charge >= 0.3 is 5.97 Å². The molecule has 0 spiro atoms. The number of carboxylic acid groups (broad SMARTS) is 1. The summed E-state index contributed by atoms with van der Waals surface area (Å²) < 4.78 is 5.27. The molecule has 2 rings (SSSR count). The summed E-state index contributed by atoms with van der Waals surface area (Å²) in [5.74, 6) is -0.675. The van der Waals surface area contributed by atoms with E-state index in [1.807, 2.05) is 0 Å². The average molecular weight is 287 g/mol. The Bertz CT molecular complexity index is 242. The highest BCUT2D eigenvalue weighted by molar-refractivity contribution is 5.85. The molecule has 0 aliphatic carbocycles. The van der Waals surface area contributed by atoms with Crippen LogP contribution in [0.25, 0.3) is 0 Å². The van der Waals surface area contributed by atoms with Gasteiger partial charge in [-0.25, -0.2) is 0 Å². The topological polar surface area (TPSA) is 61.8 Å². The predicted octanol–water partition coefficient (Wildman–Crippen LogP) is 0.369. The van der Waals surface area contributed by atoms with E-state index < -0.39 is 11.5 Å². The normalized spacial score (nSPS) is 24.2. The molecule has 2 saturated heterocycles. The van der Waals surface area contributed by atoms with Gasteiger partial charge in [0.2, 0.25) is 0 Å². The van der Waals surface area contributed by atoms with Crippen LogP contribution >= 0.6 is 24.8 Å². The number of aliphatic carboxylic acids is 1. The zero-order chi connectivity index (χ0) is 10.7. The Hall–Kier alpha value is -0.0700. The highest BCUT2D eigenvalue weighted by Gasteiger charge is 2.45. The molecule has 102 valence electrons. The molecular weight excluding hydrogens is 267 g/mol. The highest BCUT2D eigenvalue weighted by Crippen LogP contribution is 2.27. The van der Waals surface area contributed by atoms with Gasteiger partial charge in [0.15, 0.2) is 0 Å². The van der Waals surface area contributed by atoms with E-state index in [1.54, 1.807) is 0 Å². The standard InChI is InChI=1S/C10H18N2O3.2ClH/c13-9(14)10(1-3-11-4-2-10)12-5-7-15-8-6-12;;/h11H,1-8H2,(H,13,14);2*1H. The maximum Gasteiger partial charge on any atom is 0.324 e. The lowest BCUT2D eigenvalue weighted by molar-refractivity contribution is -0.157. The molecule has 2 aliphatic rings. The number of ether oxygens (including phenoxy) is 1. The summed E-state index contributed by atoms with van der Waals surface area (Å²) in [7, 11) is 0. The molecule has 0 amide bonds. The van der Waals surface area contributed by atoms with Crippen LogP contribution in [0.5, 0.6) is 0 Å². The van der Waals surface area contributed by atoms with Gasteiger partial charge < -0.3 is 15.2 Å². The minimum absolute atomic E-state index is 0. The Morgan fingerprint density at radius 2 is 1.71 bits per heavy atom. The van der Waals surface area contributed by atoms with Crippen LogP contribution in [0.15, 0.2) is 0 Å². The number of carbonyl (C=O) groups is 1. The van der Waals surface area contributed by atoms with E-state index in [2.05, 4.69) is 10.2 Å². The van der Waals surface area contributed by atoms with E-state index in [-0.39, 0.29) is 24.8 Å². The number of halogens is 2. The molecule has 0 aromatic carbocycles. The number of nitrogens with one attached hydrogen (secondary N) is 1. The number of nitrogens with zero attached hydrogens (tertiary/aromatic N) is 1. The van der Waals surface area contributed by atoms with Crippen LogP contribution in [0.1, 0.15) is 12.8 Å². The molecule has 17 heavy (non-hydrogen) atoms. The zero-order valence-corrected chi connectivity index (χ0v) is 11.3. The first kappa shape index (κ1) is 16.9. The summed E-state index contributed by atoms with van der Waals surface area (Å²) in [5, 5.41) is 12.6. The van der Waals surface area contributed by atoms with Gasteiger partial charge in [-0.15, -0.1) is 24.8 Å². The summed E-state index contributed by atoms with van der Waals surface area (Å²) in [6.45, 7) is 4.39. The fourth-order valence-electron chi connectivity index (χ4n) is 2.50. The third-order valence-corrected chi connectivity index (χ3v) is 3.45. The molecule has 2 fully saturated rings. The highest BCUT2D eigenvalue weighted by atomic mass is 35.5. The Morgan fingerprint density at radius 1 is 1.18 bits per heavy atom. The molecule has 0 aromatic heterocycles. The van der Waals surface area contributed by atoms with E-state index in [9.17, 15) is 9.90 Å². The Balaban J connectivity index is 0.00000128. The largest absolute Gasteiger partial charge is 0.480 e. The van der Waals surface area contributed by atoms with Gasteiger partial charge in [0, 0.05) is 13.1 Å². The Labute approximate surface area is 114 Å². The third kappa shape index (κ3) is 3.45. The Morgan fingerprint density at radius 3 is 2.18 bits per heavy atom. The smallest absolute Gasteiger partial charge is 0.324 e. The number of piperidine rings is 1. The summed E-state index contributed by atoms with van der Waals surface area (Å²) in [4.78, 5) is 13.5. The van der Waals surface area contributed by atoms with Gasteiger partial charge in [-0.1, -0.05) is 0 Å². The van der Waals surface area contributed by atoms with Gasteiger partial charge in [-0.2, -0.15) is 0 Å². The summed E-state index contributed by atoms with van der Waals surface area (Å²) in [6.07, 6.45) is 1.39. The number of hydrogen-bond donors (Lipinski definition) is 2. The van der Waals surface area contributed by atoms with Gasteiger partial charge in [-0.3, -0.25) is 9.69 Å². The minimum atomic E-state index is -0.675. The molecule has 0 aromatic rings. The summed E-state index contributed by atoms with van der Waals surface area (Å²) in [6, 6.07) is 0. The van der Waals surface area contributed by atoms with Crippen molar-refractivity contribution in [2.75, 3.05) is 39.4 Å². The van der Waals surface area contributed by atoms with E-state index >= 15 is 0 Å². The van der Waals surface area contributed by atoms with Crippen LogP contribution < -0.4 is 5.32 Å². The van der Waals surface area contributed by atoms with Crippen molar-refractivity contribution in [3.8, 4) is 0 Å². The zero-order valence-electron chi connectivity index (χ0n) is 9.68. The quantitative estimate of drug-likeness (QED) is 0.768. The maximum absolute atomic E-state index is 11.5. The lowest BCUT2D eigenvalue weighted by Gasteiger charge is -2.44. The number of morpholine rings is 1. The number of rotatable bonds is 2. The molecule has 2 N–H and O–H groups in total. The Kier molecular flexibility index (Phi) is 7.35. The number of hydrogen-bond acceptors (Lipinski definition) is 4. The van der Waals surface area contributed by atoms with Crippen molar-refractivity contribution in [1.82, 2.24) is 10.2 Å². The van der Waals surface area contributed by atoms with Crippen LogP contribution in [0.4, 0.5) is 0 Å². The van der Waals surface area contributed by atoms with Gasteiger partial charge in [0.05, 0.1) is 13.2 Å².